The van der Waals surface area contributed by atoms with Crippen LogP contribution in [0.3, 0.4) is 0 Å². The number of ether oxygens (including phenoxy) is 2. The Balaban J connectivity index is 2.48. The zero-order valence-electron chi connectivity index (χ0n) is 10.4. The average molecular weight is 256 g/mol. The predicted octanol–water partition coefficient (Wildman–Crippen LogP) is 1.58. The van der Waals surface area contributed by atoms with Crippen LogP contribution < -0.4 is 15.8 Å². The third-order valence-corrected chi connectivity index (χ3v) is 2.47. The maximum Gasteiger partial charge on any atom is 0.404 e. The molecule has 6 heteroatoms. The van der Waals surface area contributed by atoms with Gasteiger partial charge in [-0.25, -0.2) is 9.18 Å². The van der Waals surface area contributed by atoms with Gasteiger partial charge in [0.15, 0.2) is 11.6 Å². The lowest BCUT2D eigenvalue weighted by atomic mass is 10.1. The summed E-state index contributed by atoms with van der Waals surface area (Å²) in [5.74, 6) is -0.194. The summed E-state index contributed by atoms with van der Waals surface area (Å²) in [6, 6.07) is 4.68. The van der Waals surface area contributed by atoms with Crippen molar-refractivity contribution >= 4 is 6.09 Å². The second-order valence-corrected chi connectivity index (χ2v) is 3.74. The van der Waals surface area contributed by atoms with Crippen LogP contribution in [0.5, 0.6) is 5.75 Å². The molecule has 0 aliphatic rings. The van der Waals surface area contributed by atoms with Crippen LogP contribution in [0.15, 0.2) is 18.2 Å². The maximum absolute atomic E-state index is 13.5. The molecular weight excluding hydrogens is 239 g/mol. The second kappa shape index (κ2) is 6.80. The molecule has 0 aromatic heterocycles. The highest BCUT2D eigenvalue weighted by molar-refractivity contribution is 5.64. The Labute approximate surface area is 105 Å². The molecule has 0 radical (unpaired) electrons. The van der Waals surface area contributed by atoms with Gasteiger partial charge in [-0.15, -0.1) is 0 Å². The Bertz CT molecular complexity index is 412. The molecule has 0 spiro atoms. The van der Waals surface area contributed by atoms with Gasteiger partial charge in [0.25, 0.3) is 0 Å². The molecule has 1 rings (SSSR count). The zero-order chi connectivity index (χ0) is 13.5. The van der Waals surface area contributed by atoms with E-state index in [-0.39, 0.29) is 18.4 Å². The molecule has 0 aliphatic heterocycles. The molecule has 3 N–H and O–H groups in total. The summed E-state index contributed by atoms with van der Waals surface area (Å²) in [6.45, 7) is 2.50. The second-order valence-electron chi connectivity index (χ2n) is 3.74. The normalized spacial score (nSPS) is 11.9. The summed E-state index contributed by atoms with van der Waals surface area (Å²) >= 11 is 0. The maximum atomic E-state index is 13.5. The van der Waals surface area contributed by atoms with E-state index in [2.05, 4.69) is 10.1 Å². The van der Waals surface area contributed by atoms with Gasteiger partial charge in [0.05, 0.1) is 7.11 Å². The van der Waals surface area contributed by atoms with E-state index in [0.29, 0.717) is 6.54 Å². The van der Waals surface area contributed by atoms with E-state index in [0.717, 1.165) is 5.56 Å². The first-order chi connectivity index (χ1) is 8.54. The molecule has 18 heavy (non-hydrogen) atoms. The highest BCUT2D eigenvalue weighted by atomic mass is 19.1. The number of rotatable bonds is 6. The SMILES string of the molecule is COc1ccc(C(C)NCCOC(N)=O)cc1F. The molecular formula is C12H17FN2O3. The first-order valence-corrected chi connectivity index (χ1v) is 5.53. The van der Waals surface area contributed by atoms with Gasteiger partial charge >= 0.3 is 6.09 Å². The Morgan fingerprint density at radius 3 is 2.83 bits per heavy atom. The van der Waals surface area contributed by atoms with Gasteiger partial charge in [-0.2, -0.15) is 0 Å². The first kappa shape index (κ1) is 14.2. The van der Waals surface area contributed by atoms with Crippen LogP contribution in [-0.4, -0.2) is 26.4 Å². The average Bonchev–Trinajstić information content (AvgIpc) is 2.34. The number of halogens is 1. The van der Waals surface area contributed by atoms with E-state index in [9.17, 15) is 9.18 Å². The molecule has 1 amide bonds. The molecule has 0 bridgehead atoms. The van der Waals surface area contributed by atoms with Crippen molar-refractivity contribution in [3.63, 3.8) is 0 Å². The summed E-state index contributed by atoms with van der Waals surface area (Å²) < 4.78 is 22.9. The fraction of sp³-hybridized carbons (Fsp3) is 0.417. The molecule has 5 nitrogen and oxygen atoms in total. The standard InChI is InChI=1S/C12H17FN2O3/c1-8(15-5-6-18-12(14)16)9-3-4-11(17-2)10(13)7-9/h3-4,7-8,15H,5-6H2,1-2H3,(H2,14,16). The number of benzene rings is 1. The summed E-state index contributed by atoms with van der Waals surface area (Å²) in [5.41, 5.74) is 5.60. The van der Waals surface area contributed by atoms with E-state index in [1.165, 1.54) is 13.2 Å². The van der Waals surface area contributed by atoms with Crippen LogP contribution in [-0.2, 0) is 4.74 Å². The van der Waals surface area contributed by atoms with Crippen LogP contribution in [0.1, 0.15) is 18.5 Å². The monoisotopic (exact) mass is 256 g/mol. The molecule has 1 unspecified atom stereocenters. The quantitative estimate of drug-likeness (QED) is 0.758. The van der Waals surface area contributed by atoms with Crippen LogP contribution in [0.25, 0.3) is 0 Å². The van der Waals surface area contributed by atoms with Crippen molar-refractivity contribution in [2.75, 3.05) is 20.3 Å². The number of hydrogen-bond acceptors (Lipinski definition) is 4. The minimum atomic E-state index is -0.806. The number of methoxy groups -OCH3 is 1. The molecule has 100 valence electrons. The van der Waals surface area contributed by atoms with E-state index in [1.54, 1.807) is 12.1 Å². The summed E-state index contributed by atoms with van der Waals surface area (Å²) in [4.78, 5) is 10.3. The van der Waals surface area contributed by atoms with Crippen molar-refractivity contribution in [2.45, 2.75) is 13.0 Å². The molecule has 0 heterocycles. The number of nitrogens with two attached hydrogens (primary N) is 1. The van der Waals surface area contributed by atoms with Crippen molar-refractivity contribution in [2.24, 2.45) is 5.73 Å². The Kier molecular flexibility index (Phi) is 5.38. The fourth-order valence-corrected chi connectivity index (χ4v) is 1.50. The van der Waals surface area contributed by atoms with Crippen molar-refractivity contribution in [1.29, 1.82) is 0 Å². The van der Waals surface area contributed by atoms with E-state index >= 15 is 0 Å². The Morgan fingerprint density at radius 2 is 2.28 bits per heavy atom. The van der Waals surface area contributed by atoms with Gasteiger partial charge < -0.3 is 20.5 Å². The summed E-state index contributed by atoms with van der Waals surface area (Å²) in [7, 11) is 1.42. The van der Waals surface area contributed by atoms with Crippen molar-refractivity contribution in [1.82, 2.24) is 5.32 Å². The van der Waals surface area contributed by atoms with E-state index in [4.69, 9.17) is 10.5 Å². The molecule has 0 fully saturated rings. The number of carbonyl (C=O) groups is 1. The minimum absolute atomic E-state index is 0.0677. The highest BCUT2D eigenvalue weighted by Crippen LogP contribution is 2.21. The molecule has 0 saturated carbocycles. The molecule has 1 atom stereocenters. The van der Waals surface area contributed by atoms with Crippen LogP contribution in [0.2, 0.25) is 0 Å². The fourth-order valence-electron chi connectivity index (χ4n) is 1.50. The Morgan fingerprint density at radius 1 is 1.56 bits per heavy atom. The zero-order valence-corrected chi connectivity index (χ0v) is 10.4. The van der Waals surface area contributed by atoms with Gasteiger partial charge in [0.1, 0.15) is 6.61 Å². The molecule has 0 aliphatic carbocycles. The van der Waals surface area contributed by atoms with Crippen LogP contribution in [0.4, 0.5) is 9.18 Å². The van der Waals surface area contributed by atoms with Crippen molar-refractivity contribution in [3.8, 4) is 5.75 Å². The lowest BCUT2D eigenvalue weighted by Gasteiger charge is -2.14. The predicted molar refractivity (Wildman–Crippen MR) is 64.9 cm³/mol. The number of hydrogen-bond donors (Lipinski definition) is 2. The lowest BCUT2D eigenvalue weighted by Crippen LogP contribution is -2.26. The molecule has 1 aromatic rings. The smallest absolute Gasteiger partial charge is 0.404 e. The van der Waals surface area contributed by atoms with E-state index in [1.807, 2.05) is 6.92 Å². The van der Waals surface area contributed by atoms with Crippen LogP contribution in [0, 0.1) is 5.82 Å². The van der Waals surface area contributed by atoms with Gasteiger partial charge in [-0.3, -0.25) is 0 Å². The number of nitrogens with one attached hydrogen (secondary N) is 1. The lowest BCUT2D eigenvalue weighted by molar-refractivity contribution is 0.156. The number of carbonyl (C=O) groups excluding carboxylic acids is 1. The number of amides is 1. The molecule has 0 saturated heterocycles. The first-order valence-electron chi connectivity index (χ1n) is 5.53. The van der Waals surface area contributed by atoms with Crippen LogP contribution >= 0.6 is 0 Å². The highest BCUT2D eigenvalue weighted by Gasteiger charge is 2.09. The number of primary amides is 1. The molecule has 1 aromatic carbocycles. The van der Waals surface area contributed by atoms with Crippen molar-refractivity contribution in [3.05, 3.63) is 29.6 Å². The summed E-state index contributed by atoms with van der Waals surface area (Å²) in [5, 5.41) is 3.08. The summed E-state index contributed by atoms with van der Waals surface area (Å²) in [6.07, 6.45) is -0.806. The van der Waals surface area contributed by atoms with E-state index < -0.39 is 11.9 Å². The van der Waals surface area contributed by atoms with Gasteiger partial charge in [-0.1, -0.05) is 6.07 Å². The minimum Gasteiger partial charge on any atom is -0.494 e. The Hall–Kier alpha value is -1.82. The largest absolute Gasteiger partial charge is 0.494 e. The third kappa shape index (κ3) is 4.21. The third-order valence-electron chi connectivity index (χ3n) is 2.47. The van der Waals surface area contributed by atoms with Gasteiger partial charge in [0, 0.05) is 12.6 Å². The van der Waals surface area contributed by atoms with Gasteiger partial charge in [-0.05, 0) is 24.6 Å². The van der Waals surface area contributed by atoms with Crippen molar-refractivity contribution < 1.29 is 18.7 Å². The van der Waals surface area contributed by atoms with Gasteiger partial charge in [0.2, 0.25) is 0 Å². The topological polar surface area (TPSA) is 73.6 Å².